The molecule has 8 nitrogen and oxygen atoms in total. The lowest BCUT2D eigenvalue weighted by Crippen LogP contribution is -2.38. The maximum atomic E-state index is 13.4. The maximum absolute atomic E-state index is 13.4. The van der Waals surface area contributed by atoms with Crippen LogP contribution in [-0.2, 0) is 22.4 Å². The molecule has 2 amide bonds. The van der Waals surface area contributed by atoms with Gasteiger partial charge in [0.05, 0.1) is 24.0 Å². The van der Waals surface area contributed by atoms with Crippen molar-refractivity contribution in [3.8, 4) is 0 Å². The molecule has 0 aliphatic rings. The topological polar surface area (TPSA) is 120 Å². The van der Waals surface area contributed by atoms with E-state index in [-0.39, 0.29) is 36.2 Å². The zero-order valence-corrected chi connectivity index (χ0v) is 16.5. The molecule has 0 bridgehead atoms. The monoisotopic (exact) mass is 421 g/mol. The van der Waals surface area contributed by atoms with Crippen LogP contribution >= 0.6 is 0 Å². The van der Waals surface area contributed by atoms with E-state index < -0.39 is 0 Å². The lowest BCUT2D eigenvalue weighted by molar-refractivity contribution is -0.125. The molecular formula is C22H20FN5O3. The number of H-pyrrole nitrogens is 2. The van der Waals surface area contributed by atoms with Crippen LogP contribution in [-0.4, -0.2) is 40.1 Å². The number of benzene rings is 2. The minimum Gasteiger partial charge on any atom is -0.361 e. The third-order valence-corrected chi connectivity index (χ3v) is 5.00. The number of fused-ring (bicyclic) bond motifs is 2. The quantitative estimate of drug-likeness (QED) is 0.362. The van der Waals surface area contributed by atoms with Crippen molar-refractivity contribution in [3.63, 3.8) is 0 Å². The van der Waals surface area contributed by atoms with E-state index in [1.165, 1.54) is 12.1 Å². The molecule has 4 N–H and O–H groups in total. The molecule has 0 spiro atoms. The third-order valence-electron chi connectivity index (χ3n) is 5.00. The largest absolute Gasteiger partial charge is 0.361 e. The van der Waals surface area contributed by atoms with Gasteiger partial charge in [-0.05, 0) is 36.2 Å². The van der Waals surface area contributed by atoms with E-state index in [2.05, 4.69) is 25.8 Å². The Labute approximate surface area is 175 Å². The number of carbonyl (C=O) groups is 2. The van der Waals surface area contributed by atoms with Gasteiger partial charge in [0.25, 0.3) is 5.56 Å². The maximum Gasteiger partial charge on any atom is 0.272 e. The van der Waals surface area contributed by atoms with Gasteiger partial charge < -0.3 is 15.6 Å². The van der Waals surface area contributed by atoms with Crippen LogP contribution in [0.15, 0.2) is 53.5 Å². The van der Waals surface area contributed by atoms with Crippen LogP contribution in [0, 0.1) is 5.82 Å². The summed E-state index contributed by atoms with van der Waals surface area (Å²) in [6.45, 7) is 0.174. The normalized spacial score (nSPS) is 11.0. The number of nitrogens with one attached hydrogen (secondary N) is 4. The number of hydrogen-bond acceptors (Lipinski definition) is 4. The molecular weight excluding hydrogens is 401 g/mol. The standard InChI is InChI=1S/C22H20FN5O3/c23-14-5-6-18-17(9-14)13(11-25-18)7-8-24-21(30)12-26-20(29)10-19-15-3-1-2-4-16(15)22(31)28-27-19/h1-6,9,11,25H,7-8,10,12H2,(H,24,30)(H,26,29)(H,28,31). The van der Waals surface area contributed by atoms with Gasteiger partial charge in [0.15, 0.2) is 0 Å². The van der Waals surface area contributed by atoms with Crippen LogP contribution in [0.25, 0.3) is 21.7 Å². The van der Waals surface area contributed by atoms with Crippen LogP contribution in [0.1, 0.15) is 11.3 Å². The fourth-order valence-electron chi connectivity index (χ4n) is 3.46. The van der Waals surface area contributed by atoms with E-state index in [1.54, 1.807) is 36.5 Å². The number of nitrogens with zero attached hydrogens (tertiary/aromatic N) is 1. The number of carbonyl (C=O) groups excluding carboxylic acids is 2. The summed E-state index contributed by atoms with van der Waals surface area (Å²) < 4.78 is 13.4. The van der Waals surface area contributed by atoms with Gasteiger partial charge in [-0.2, -0.15) is 5.10 Å². The highest BCUT2D eigenvalue weighted by Crippen LogP contribution is 2.19. The van der Waals surface area contributed by atoms with E-state index in [4.69, 9.17) is 0 Å². The van der Waals surface area contributed by atoms with Crippen LogP contribution in [0.2, 0.25) is 0 Å². The van der Waals surface area contributed by atoms with Crippen LogP contribution in [0.4, 0.5) is 4.39 Å². The molecule has 0 unspecified atom stereocenters. The fourth-order valence-corrected chi connectivity index (χ4v) is 3.46. The molecule has 0 radical (unpaired) electrons. The molecule has 0 aliphatic carbocycles. The predicted octanol–water partition coefficient (Wildman–Crippen LogP) is 1.56. The van der Waals surface area contributed by atoms with Gasteiger partial charge in [-0.15, -0.1) is 0 Å². The summed E-state index contributed by atoms with van der Waals surface area (Å²) in [5.74, 6) is -1.03. The van der Waals surface area contributed by atoms with Crippen LogP contribution < -0.4 is 16.2 Å². The van der Waals surface area contributed by atoms with E-state index in [9.17, 15) is 18.8 Å². The Morgan fingerprint density at radius 3 is 2.65 bits per heavy atom. The molecule has 9 heteroatoms. The Balaban J connectivity index is 1.27. The van der Waals surface area contributed by atoms with Gasteiger partial charge in [0.1, 0.15) is 5.82 Å². The zero-order valence-electron chi connectivity index (χ0n) is 16.5. The van der Waals surface area contributed by atoms with Crippen molar-refractivity contribution in [2.75, 3.05) is 13.1 Å². The Hall–Kier alpha value is -4.01. The summed E-state index contributed by atoms with van der Waals surface area (Å²) in [5, 5.41) is 13.5. The number of aromatic nitrogens is 3. The second-order valence-electron chi connectivity index (χ2n) is 7.10. The molecule has 2 aromatic carbocycles. The average Bonchev–Trinajstić information content (AvgIpc) is 3.16. The number of amides is 2. The van der Waals surface area contributed by atoms with Crippen LogP contribution in [0.3, 0.4) is 0 Å². The van der Waals surface area contributed by atoms with E-state index in [1.807, 2.05) is 0 Å². The van der Waals surface area contributed by atoms with Crippen molar-refractivity contribution in [1.82, 2.24) is 25.8 Å². The molecule has 0 aliphatic heterocycles. The summed E-state index contributed by atoms with van der Waals surface area (Å²) >= 11 is 0. The van der Waals surface area contributed by atoms with Crippen LogP contribution in [0.5, 0.6) is 0 Å². The molecule has 4 aromatic rings. The van der Waals surface area contributed by atoms with Crippen molar-refractivity contribution in [2.45, 2.75) is 12.8 Å². The van der Waals surface area contributed by atoms with Gasteiger partial charge in [-0.25, -0.2) is 9.49 Å². The van der Waals surface area contributed by atoms with Gasteiger partial charge in [-0.3, -0.25) is 14.4 Å². The van der Waals surface area contributed by atoms with E-state index in [0.717, 1.165) is 16.5 Å². The Kier molecular flexibility index (Phi) is 5.74. The zero-order chi connectivity index (χ0) is 21.8. The molecule has 4 rings (SSSR count). The molecule has 0 fully saturated rings. The molecule has 2 heterocycles. The Bertz CT molecular complexity index is 1330. The second-order valence-corrected chi connectivity index (χ2v) is 7.10. The molecule has 2 aromatic heterocycles. The summed E-state index contributed by atoms with van der Waals surface area (Å²) in [6.07, 6.45) is 2.25. The first-order chi connectivity index (χ1) is 15.0. The number of halogens is 1. The van der Waals surface area contributed by atoms with E-state index in [0.29, 0.717) is 29.4 Å². The summed E-state index contributed by atoms with van der Waals surface area (Å²) in [4.78, 5) is 39.2. The van der Waals surface area contributed by atoms with Crippen molar-refractivity contribution in [1.29, 1.82) is 0 Å². The SMILES string of the molecule is O=C(CNC(=O)Cc1n[nH]c(=O)c2ccccc12)NCCc1c[nH]c2ccc(F)cc12. The van der Waals surface area contributed by atoms with Crippen molar-refractivity contribution >= 4 is 33.5 Å². The van der Waals surface area contributed by atoms with Crippen molar-refractivity contribution in [3.05, 3.63) is 76.1 Å². The van der Waals surface area contributed by atoms with Gasteiger partial charge in [-0.1, -0.05) is 18.2 Å². The Morgan fingerprint density at radius 1 is 1.00 bits per heavy atom. The second kappa shape index (κ2) is 8.78. The average molecular weight is 421 g/mol. The molecule has 0 atom stereocenters. The van der Waals surface area contributed by atoms with Crippen molar-refractivity contribution < 1.29 is 14.0 Å². The van der Waals surface area contributed by atoms with Crippen molar-refractivity contribution in [2.24, 2.45) is 0 Å². The minimum absolute atomic E-state index is 0.0640. The first-order valence-corrected chi connectivity index (χ1v) is 9.76. The van der Waals surface area contributed by atoms with Gasteiger partial charge in [0.2, 0.25) is 11.8 Å². The minimum atomic E-state index is -0.382. The first kappa shape index (κ1) is 20.3. The highest BCUT2D eigenvalue weighted by atomic mass is 19.1. The molecule has 0 saturated carbocycles. The van der Waals surface area contributed by atoms with E-state index >= 15 is 0 Å². The highest BCUT2D eigenvalue weighted by Gasteiger charge is 2.12. The smallest absolute Gasteiger partial charge is 0.272 e. The molecule has 31 heavy (non-hydrogen) atoms. The molecule has 0 saturated heterocycles. The summed E-state index contributed by atoms with van der Waals surface area (Å²) in [5.41, 5.74) is 1.84. The first-order valence-electron chi connectivity index (χ1n) is 9.76. The third kappa shape index (κ3) is 4.61. The van der Waals surface area contributed by atoms with Gasteiger partial charge >= 0.3 is 0 Å². The lowest BCUT2D eigenvalue weighted by Gasteiger charge is -2.08. The summed E-state index contributed by atoms with van der Waals surface area (Å²) in [7, 11) is 0. The fraction of sp³-hybridized carbons (Fsp3) is 0.182. The number of rotatable bonds is 7. The summed E-state index contributed by atoms with van der Waals surface area (Å²) in [6, 6.07) is 11.4. The number of hydrogen-bond donors (Lipinski definition) is 4. The predicted molar refractivity (Wildman–Crippen MR) is 114 cm³/mol. The number of aromatic amines is 2. The Morgan fingerprint density at radius 2 is 1.81 bits per heavy atom. The highest BCUT2D eigenvalue weighted by molar-refractivity contribution is 5.90. The van der Waals surface area contributed by atoms with Gasteiger partial charge in [0, 0.05) is 29.0 Å². The lowest BCUT2D eigenvalue weighted by atomic mass is 10.1. The molecule has 158 valence electrons.